The Morgan fingerprint density at radius 3 is 2.76 bits per heavy atom. The first-order valence-corrected chi connectivity index (χ1v) is 7.41. The molecule has 2 aliphatic heterocycles. The molecule has 2 N–H and O–H groups in total. The van der Waals surface area contributed by atoms with Gasteiger partial charge in [-0.25, -0.2) is 4.79 Å². The van der Waals surface area contributed by atoms with Gasteiger partial charge in [0.15, 0.2) is 0 Å². The molecule has 2 aliphatic rings. The van der Waals surface area contributed by atoms with Crippen molar-refractivity contribution in [2.75, 3.05) is 19.6 Å². The molecule has 112 valence electrons. The number of nitrogens with zero attached hydrogens (tertiary/aromatic N) is 1. The van der Waals surface area contributed by atoms with E-state index in [1.54, 1.807) is 12.1 Å². The molecule has 1 saturated heterocycles. The lowest BCUT2D eigenvalue weighted by Gasteiger charge is -2.32. The first-order valence-electron chi connectivity index (χ1n) is 7.41. The predicted octanol–water partition coefficient (Wildman–Crippen LogP) is 1.12. The third-order valence-electron chi connectivity index (χ3n) is 4.61. The summed E-state index contributed by atoms with van der Waals surface area (Å²) in [5.74, 6) is -0.313. The Labute approximate surface area is 123 Å². The summed E-state index contributed by atoms with van der Waals surface area (Å²) in [6.07, 6.45) is 0.801. The van der Waals surface area contributed by atoms with Crippen molar-refractivity contribution in [3.05, 3.63) is 34.9 Å². The minimum atomic E-state index is -0.921. The standard InChI is InChI=1S/C16H20N2O3/c1-10-7-17-8-14(10)15(19)18-5-4-11-2-3-12(16(20)21)6-13(11)9-18/h2-3,6,10,14,17H,4-5,7-9H2,1H3,(H,20,21)/t10-,14-/m1/s1. The summed E-state index contributed by atoms with van der Waals surface area (Å²) >= 11 is 0. The molecule has 0 bridgehead atoms. The highest BCUT2D eigenvalue weighted by atomic mass is 16.4. The molecule has 1 fully saturated rings. The maximum absolute atomic E-state index is 12.6. The summed E-state index contributed by atoms with van der Waals surface area (Å²) in [5.41, 5.74) is 2.41. The van der Waals surface area contributed by atoms with E-state index in [1.165, 1.54) is 0 Å². The monoisotopic (exact) mass is 288 g/mol. The number of carboxylic acid groups (broad SMARTS) is 1. The number of carbonyl (C=O) groups is 2. The Hall–Kier alpha value is -1.88. The lowest BCUT2D eigenvalue weighted by atomic mass is 9.93. The number of nitrogens with one attached hydrogen (secondary N) is 1. The van der Waals surface area contributed by atoms with E-state index < -0.39 is 5.97 Å². The molecular weight excluding hydrogens is 268 g/mol. The molecule has 1 aromatic rings. The van der Waals surface area contributed by atoms with E-state index in [0.29, 0.717) is 18.0 Å². The summed E-state index contributed by atoms with van der Waals surface area (Å²) in [6, 6.07) is 5.22. The fourth-order valence-electron chi connectivity index (χ4n) is 3.25. The first kappa shape index (κ1) is 14.1. The molecule has 5 heteroatoms. The summed E-state index contributed by atoms with van der Waals surface area (Å²) in [5, 5.41) is 12.3. The lowest BCUT2D eigenvalue weighted by Crippen LogP contribution is -2.41. The number of amides is 1. The number of hydrogen-bond donors (Lipinski definition) is 2. The maximum Gasteiger partial charge on any atom is 0.335 e. The van der Waals surface area contributed by atoms with Crippen LogP contribution in [0, 0.1) is 11.8 Å². The van der Waals surface area contributed by atoms with Crippen LogP contribution in [-0.4, -0.2) is 41.5 Å². The van der Waals surface area contributed by atoms with E-state index in [2.05, 4.69) is 12.2 Å². The second-order valence-corrected chi connectivity index (χ2v) is 6.04. The van der Waals surface area contributed by atoms with E-state index in [-0.39, 0.29) is 11.8 Å². The molecule has 1 amide bonds. The van der Waals surface area contributed by atoms with Crippen LogP contribution in [0.1, 0.15) is 28.4 Å². The quantitative estimate of drug-likeness (QED) is 0.856. The van der Waals surface area contributed by atoms with Crippen LogP contribution in [0.2, 0.25) is 0 Å². The van der Waals surface area contributed by atoms with Crippen LogP contribution in [0.5, 0.6) is 0 Å². The van der Waals surface area contributed by atoms with Crippen molar-refractivity contribution in [2.24, 2.45) is 11.8 Å². The second kappa shape index (κ2) is 5.48. The molecule has 0 unspecified atom stereocenters. The van der Waals surface area contributed by atoms with Crippen LogP contribution in [0.3, 0.4) is 0 Å². The molecule has 0 radical (unpaired) electrons. The Balaban J connectivity index is 1.78. The van der Waals surface area contributed by atoms with Gasteiger partial charge in [-0.2, -0.15) is 0 Å². The average Bonchev–Trinajstić information content (AvgIpc) is 2.91. The molecule has 21 heavy (non-hydrogen) atoms. The summed E-state index contributed by atoms with van der Waals surface area (Å²) in [4.78, 5) is 25.6. The molecule has 5 nitrogen and oxygen atoms in total. The number of rotatable bonds is 2. The van der Waals surface area contributed by atoms with Crippen LogP contribution in [-0.2, 0) is 17.8 Å². The van der Waals surface area contributed by atoms with Crippen molar-refractivity contribution in [2.45, 2.75) is 19.9 Å². The fraction of sp³-hybridized carbons (Fsp3) is 0.500. The molecule has 2 heterocycles. The minimum Gasteiger partial charge on any atom is -0.478 e. The second-order valence-electron chi connectivity index (χ2n) is 6.04. The molecule has 0 aromatic heterocycles. The van der Waals surface area contributed by atoms with Crippen molar-refractivity contribution in [1.82, 2.24) is 10.2 Å². The molecule has 0 spiro atoms. The van der Waals surface area contributed by atoms with Crippen LogP contribution in [0.15, 0.2) is 18.2 Å². The normalized spacial score (nSPS) is 24.7. The van der Waals surface area contributed by atoms with Gasteiger partial charge in [0.05, 0.1) is 11.5 Å². The Kier molecular flexibility index (Phi) is 3.68. The van der Waals surface area contributed by atoms with Crippen molar-refractivity contribution in [3.63, 3.8) is 0 Å². The first-order chi connectivity index (χ1) is 10.1. The topological polar surface area (TPSA) is 69.6 Å². The third kappa shape index (κ3) is 2.65. The highest BCUT2D eigenvalue weighted by molar-refractivity contribution is 5.88. The van der Waals surface area contributed by atoms with Gasteiger partial charge in [0.1, 0.15) is 0 Å². The SMILES string of the molecule is C[C@@H]1CNC[C@H]1C(=O)N1CCc2ccc(C(=O)O)cc2C1. The minimum absolute atomic E-state index is 0.0502. The van der Waals surface area contributed by atoms with Crippen molar-refractivity contribution < 1.29 is 14.7 Å². The maximum atomic E-state index is 12.6. The number of benzene rings is 1. The summed E-state index contributed by atoms with van der Waals surface area (Å²) < 4.78 is 0. The highest BCUT2D eigenvalue weighted by Crippen LogP contribution is 2.25. The molecule has 0 aliphatic carbocycles. The van der Waals surface area contributed by atoms with Gasteiger partial charge in [-0.1, -0.05) is 13.0 Å². The van der Waals surface area contributed by atoms with E-state index in [1.807, 2.05) is 11.0 Å². The number of fused-ring (bicyclic) bond motifs is 1. The van der Waals surface area contributed by atoms with Gasteiger partial charge in [-0.15, -0.1) is 0 Å². The highest BCUT2D eigenvalue weighted by Gasteiger charge is 2.34. The number of carboxylic acids is 1. The van der Waals surface area contributed by atoms with Gasteiger partial charge in [-0.3, -0.25) is 4.79 Å². The van der Waals surface area contributed by atoms with E-state index in [0.717, 1.165) is 37.2 Å². The van der Waals surface area contributed by atoms with E-state index >= 15 is 0 Å². The van der Waals surface area contributed by atoms with E-state index in [9.17, 15) is 9.59 Å². The van der Waals surface area contributed by atoms with Crippen LogP contribution in [0.25, 0.3) is 0 Å². The van der Waals surface area contributed by atoms with Crippen molar-refractivity contribution in [1.29, 1.82) is 0 Å². The van der Waals surface area contributed by atoms with Gasteiger partial charge in [0.25, 0.3) is 0 Å². The molecule has 0 saturated carbocycles. The lowest BCUT2D eigenvalue weighted by molar-refractivity contribution is -0.136. The van der Waals surface area contributed by atoms with Gasteiger partial charge in [-0.05, 0) is 42.1 Å². The van der Waals surface area contributed by atoms with Gasteiger partial charge in [0.2, 0.25) is 5.91 Å². The molecule has 2 atom stereocenters. The number of carbonyl (C=O) groups excluding carboxylic acids is 1. The largest absolute Gasteiger partial charge is 0.478 e. The zero-order valence-electron chi connectivity index (χ0n) is 12.1. The van der Waals surface area contributed by atoms with Crippen molar-refractivity contribution in [3.8, 4) is 0 Å². The van der Waals surface area contributed by atoms with Crippen LogP contribution < -0.4 is 5.32 Å². The van der Waals surface area contributed by atoms with E-state index in [4.69, 9.17) is 5.11 Å². The summed E-state index contributed by atoms with van der Waals surface area (Å²) in [7, 11) is 0. The van der Waals surface area contributed by atoms with Gasteiger partial charge in [0, 0.05) is 19.6 Å². The smallest absolute Gasteiger partial charge is 0.335 e. The summed E-state index contributed by atoms with van der Waals surface area (Å²) in [6.45, 7) is 4.99. The Morgan fingerprint density at radius 1 is 1.29 bits per heavy atom. The fourth-order valence-corrected chi connectivity index (χ4v) is 3.25. The molecular formula is C16H20N2O3. The van der Waals surface area contributed by atoms with Crippen molar-refractivity contribution >= 4 is 11.9 Å². The average molecular weight is 288 g/mol. The number of aromatic carboxylic acids is 1. The third-order valence-corrected chi connectivity index (χ3v) is 4.61. The molecule has 1 aromatic carbocycles. The Bertz CT molecular complexity index is 585. The Morgan fingerprint density at radius 2 is 2.10 bits per heavy atom. The number of hydrogen-bond acceptors (Lipinski definition) is 3. The van der Waals surface area contributed by atoms with Crippen LogP contribution in [0.4, 0.5) is 0 Å². The molecule has 3 rings (SSSR count). The van der Waals surface area contributed by atoms with Gasteiger partial charge < -0.3 is 15.3 Å². The zero-order valence-corrected chi connectivity index (χ0v) is 12.1. The van der Waals surface area contributed by atoms with Gasteiger partial charge >= 0.3 is 5.97 Å². The van der Waals surface area contributed by atoms with Crippen LogP contribution >= 0.6 is 0 Å². The zero-order chi connectivity index (χ0) is 15.0. The predicted molar refractivity (Wildman–Crippen MR) is 78.0 cm³/mol.